The summed E-state index contributed by atoms with van der Waals surface area (Å²) in [4.78, 5) is 12.9. The van der Waals surface area contributed by atoms with Crippen LogP contribution < -0.4 is 14.8 Å². The molecular formula is C26H32N2O3. The van der Waals surface area contributed by atoms with Gasteiger partial charge in [0.15, 0.2) is 0 Å². The summed E-state index contributed by atoms with van der Waals surface area (Å²) in [6, 6.07) is 15.1. The van der Waals surface area contributed by atoms with E-state index < -0.39 is 0 Å². The van der Waals surface area contributed by atoms with Gasteiger partial charge in [0, 0.05) is 28.5 Å². The van der Waals surface area contributed by atoms with Crippen LogP contribution in [0.1, 0.15) is 68.9 Å². The number of nitrogens with one attached hydrogen (secondary N) is 1. The van der Waals surface area contributed by atoms with E-state index in [0.717, 1.165) is 0 Å². The van der Waals surface area contributed by atoms with Gasteiger partial charge in [0.05, 0.1) is 12.7 Å². The molecule has 0 aromatic heterocycles. The van der Waals surface area contributed by atoms with Crippen molar-refractivity contribution in [2.24, 2.45) is 10.8 Å². The Hall–Kier alpha value is -3.00. The SMILES string of the molecule is COc1cc(OC2C(C)(C)C(NC(=O)c3ccc(C(C)C)cc3)C2(C)C)ccc1C#N. The second-order valence-corrected chi connectivity index (χ2v) is 9.80. The second kappa shape index (κ2) is 8.26. The van der Waals surface area contributed by atoms with Crippen molar-refractivity contribution >= 4 is 5.91 Å². The lowest BCUT2D eigenvalue weighted by molar-refractivity contribution is -0.164. The average Bonchev–Trinajstić information content (AvgIpc) is 2.74. The van der Waals surface area contributed by atoms with Gasteiger partial charge in [-0.3, -0.25) is 4.79 Å². The topological polar surface area (TPSA) is 71.3 Å². The van der Waals surface area contributed by atoms with Crippen molar-refractivity contribution in [3.8, 4) is 17.6 Å². The summed E-state index contributed by atoms with van der Waals surface area (Å²) >= 11 is 0. The highest BCUT2D eigenvalue weighted by molar-refractivity contribution is 5.94. The number of hydrogen-bond acceptors (Lipinski definition) is 4. The molecule has 5 heteroatoms. The minimum absolute atomic E-state index is 0.0532. The summed E-state index contributed by atoms with van der Waals surface area (Å²) in [7, 11) is 1.54. The van der Waals surface area contributed by atoms with E-state index in [-0.39, 0.29) is 28.9 Å². The predicted octanol–water partition coefficient (Wildman–Crippen LogP) is 5.30. The molecule has 1 fully saturated rings. The number of ether oxygens (including phenoxy) is 2. The van der Waals surface area contributed by atoms with Crippen molar-refractivity contribution in [1.29, 1.82) is 5.26 Å². The fourth-order valence-corrected chi connectivity index (χ4v) is 5.01. The zero-order chi connectivity index (χ0) is 23.0. The van der Waals surface area contributed by atoms with Crippen LogP contribution in [0.4, 0.5) is 0 Å². The first-order valence-electron chi connectivity index (χ1n) is 10.7. The van der Waals surface area contributed by atoms with E-state index in [4.69, 9.17) is 9.47 Å². The van der Waals surface area contributed by atoms with Crippen molar-refractivity contribution in [2.75, 3.05) is 7.11 Å². The van der Waals surface area contributed by atoms with Gasteiger partial charge in [-0.25, -0.2) is 0 Å². The molecule has 164 valence electrons. The van der Waals surface area contributed by atoms with Crippen molar-refractivity contribution in [1.82, 2.24) is 5.32 Å². The van der Waals surface area contributed by atoms with Crippen LogP contribution >= 0.6 is 0 Å². The molecule has 2 aromatic rings. The van der Waals surface area contributed by atoms with Crippen LogP contribution in [0.15, 0.2) is 42.5 Å². The monoisotopic (exact) mass is 420 g/mol. The number of hydrogen-bond donors (Lipinski definition) is 1. The van der Waals surface area contributed by atoms with Gasteiger partial charge in [0.2, 0.25) is 0 Å². The first-order valence-corrected chi connectivity index (χ1v) is 10.7. The van der Waals surface area contributed by atoms with Crippen LogP contribution in [-0.2, 0) is 0 Å². The molecule has 0 bridgehead atoms. The summed E-state index contributed by atoms with van der Waals surface area (Å²) in [5.74, 6) is 1.50. The van der Waals surface area contributed by atoms with Crippen LogP contribution in [0, 0.1) is 22.2 Å². The molecule has 1 aliphatic carbocycles. The summed E-state index contributed by atoms with van der Waals surface area (Å²) in [5, 5.41) is 12.4. The lowest BCUT2D eigenvalue weighted by Gasteiger charge is -2.63. The average molecular weight is 421 g/mol. The third-order valence-corrected chi connectivity index (χ3v) is 6.50. The van der Waals surface area contributed by atoms with Gasteiger partial charge in [0.1, 0.15) is 23.7 Å². The number of benzene rings is 2. The number of carbonyl (C=O) groups excluding carboxylic acids is 1. The third kappa shape index (κ3) is 4.12. The lowest BCUT2D eigenvalue weighted by atomic mass is 9.49. The molecule has 1 amide bonds. The van der Waals surface area contributed by atoms with Crippen LogP contribution in [-0.4, -0.2) is 25.2 Å². The zero-order valence-electron chi connectivity index (χ0n) is 19.4. The van der Waals surface area contributed by atoms with Crippen molar-refractivity contribution < 1.29 is 14.3 Å². The Bertz CT molecular complexity index is 984. The number of rotatable bonds is 6. The van der Waals surface area contributed by atoms with Crippen LogP contribution in [0.3, 0.4) is 0 Å². The van der Waals surface area contributed by atoms with E-state index in [0.29, 0.717) is 28.5 Å². The summed E-state index contributed by atoms with van der Waals surface area (Å²) in [6.45, 7) is 12.7. The fourth-order valence-electron chi connectivity index (χ4n) is 5.01. The van der Waals surface area contributed by atoms with Gasteiger partial charge >= 0.3 is 0 Å². The molecule has 0 atom stereocenters. The molecule has 3 rings (SSSR count). The second-order valence-electron chi connectivity index (χ2n) is 9.80. The highest BCUT2D eigenvalue weighted by Crippen LogP contribution is 2.55. The van der Waals surface area contributed by atoms with Gasteiger partial charge < -0.3 is 14.8 Å². The van der Waals surface area contributed by atoms with Crippen LogP contribution in [0.2, 0.25) is 0 Å². The quantitative estimate of drug-likeness (QED) is 0.688. The van der Waals surface area contributed by atoms with E-state index in [9.17, 15) is 10.1 Å². The highest BCUT2D eigenvalue weighted by atomic mass is 16.5. The maximum atomic E-state index is 12.9. The molecule has 1 saturated carbocycles. The first kappa shape index (κ1) is 22.7. The molecule has 1 N–H and O–H groups in total. The van der Waals surface area contributed by atoms with E-state index in [1.165, 1.54) is 12.7 Å². The van der Waals surface area contributed by atoms with Crippen LogP contribution in [0.25, 0.3) is 0 Å². The molecule has 0 saturated heterocycles. The molecule has 5 nitrogen and oxygen atoms in total. The first-order chi connectivity index (χ1) is 14.5. The Morgan fingerprint density at radius 2 is 1.68 bits per heavy atom. The highest BCUT2D eigenvalue weighted by Gasteiger charge is 2.64. The Labute approximate surface area is 185 Å². The van der Waals surface area contributed by atoms with Gasteiger partial charge in [-0.2, -0.15) is 5.26 Å². The largest absolute Gasteiger partial charge is 0.495 e. The third-order valence-electron chi connectivity index (χ3n) is 6.50. The number of amides is 1. The van der Waals surface area contributed by atoms with E-state index in [1.54, 1.807) is 18.2 Å². The minimum atomic E-state index is -0.280. The van der Waals surface area contributed by atoms with Gasteiger partial charge in [-0.1, -0.05) is 53.7 Å². The zero-order valence-corrected chi connectivity index (χ0v) is 19.4. The Morgan fingerprint density at radius 3 is 2.19 bits per heavy atom. The summed E-state index contributed by atoms with van der Waals surface area (Å²) in [5.41, 5.74) is 1.79. The maximum Gasteiger partial charge on any atom is 0.251 e. The molecule has 2 aromatic carbocycles. The normalized spacial score (nSPS) is 21.0. The molecule has 31 heavy (non-hydrogen) atoms. The minimum Gasteiger partial charge on any atom is -0.495 e. The summed E-state index contributed by atoms with van der Waals surface area (Å²) in [6.07, 6.45) is -0.119. The van der Waals surface area contributed by atoms with E-state index in [2.05, 4.69) is 52.9 Å². The number of nitriles is 1. The number of methoxy groups -OCH3 is 1. The number of carbonyl (C=O) groups is 1. The Kier molecular flexibility index (Phi) is 6.04. The molecule has 0 radical (unpaired) electrons. The van der Waals surface area contributed by atoms with Crippen molar-refractivity contribution in [3.63, 3.8) is 0 Å². The Balaban J connectivity index is 1.75. The fraction of sp³-hybridized carbons (Fsp3) is 0.462. The van der Waals surface area contributed by atoms with Gasteiger partial charge in [-0.05, 0) is 35.7 Å². The smallest absolute Gasteiger partial charge is 0.251 e. The molecule has 0 spiro atoms. The predicted molar refractivity (Wildman–Crippen MR) is 121 cm³/mol. The molecular weight excluding hydrogens is 388 g/mol. The maximum absolute atomic E-state index is 12.9. The molecule has 1 aliphatic rings. The Morgan fingerprint density at radius 1 is 1.06 bits per heavy atom. The summed E-state index contributed by atoms with van der Waals surface area (Å²) < 4.78 is 11.6. The standard InChI is InChI=1S/C26H32N2O3/c1-16(2)17-8-10-18(11-9-17)22(29)28-23-25(3,4)24(26(23,5)6)31-20-13-12-19(15-27)21(14-20)30-7/h8-14,16,23-24H,1-7H3,(H,28,29). The van der Waals surface area contributed by atoms with Crippen molar-refractivity contribution in [2.45, 2.75) is 59.6 Å². The lowest BCUT2D eigenvalue weighted by Crippen LogP contribution is -2.74. The van der Waals surface area contributed by atoms with Crippen molar-refractivity contribution in [3.05, 3.63) is 59.2 Å². The molecule has 0 unspecified atom stereocenters. The molecule has 0 heterocycles. The van der Waals surface area contributed by atoms with Crippen LogP contribution in [0.5, 0.6) is 11.5 Å². The van der Waals surface area contributed by atoms with E-state index in [1.807, 2.05) is 24.3 Å². The number of nitrogens with zero attached hydrogens (tertiary/aromatic N) is 1. The van der Waals surface area contributed by atoms with E-state index >= 15 is 0 Å². The molecule has 0 aliphatic heterocycles. The van der Waals surface area contributed by atoms with Gasteiger partial charge in [0.25, 0.3) is 5.91 Å². The van der Waals surface area contributed by atoms with Gasteiger partial charge in [-0.15, -0.1) is 0 Å².